The number of aryl methyl sites for hydroxylation is 1. The van der Waals surface area contributed by atoms with Crippen molar-refractivity contribution in [1.29, 1.82) is 0 Å². The molecule has 0 amide bonds. The van der Waals surface area contributed by atoms with E-state index in [9.17, 15) is 0 Å². The number of aromatic nitrogens is 2. The maximum absolute atomic E-state index is 5.76. The van der Waals surface area contributed by atoms with Crippen LogP contribution in [0.5, 0.6) is 5.75 Å². The molecular weight excluding hydrogens is 202 g/mol. The number of nitrogens with one attached hydrogen (secondary N) is 1. The minimum absolute atomic E-state index is 0.669. The van der Waals surface area contributed by atoms with Crippen molar-refractivity contribution in [3.8, 4) is 5.75 Å². The molecule has 4 heteroatoms. The zero-order valence-electron chi connectivity index (χ0n) is 9.31. The van der Waals surface area contributed by atoms with Crippen molar-refractivity contribution in [2.24, 2.45) is 13.0 Å². The van der Waals surface area contributed by atoms with Gasteiger partial charge in [0.25, 0.3) is 0 Å². The number of benzene rings is 1. The Morgan fingerprint density at radius 3 is 3.12 bits per heavy atom. The van der Waals surface area contributed by atoms with Gasteiger partial charge in [0.15, 0.2) is 0 Å². The highest BCUT2D eigenvalue weighted by atomic mass is 16.5. The van der Waals surface area contributed by atoms with Crippen LogP contribution in [0.25, 0.3) is 10.9 Å². The first-order valence-corrected chi connectivity index (χ1v) is 5.58. The average Bonchev–Trinajstić information content (AvgIpc) is 2.58. The van der Waals surface area contributed by atoms with Crippen molar-refractivity contribution < 1.29 is 4.74 Å². The highest BCUT2D eigenvalue weighted by Gasteiger charge is 2.17. The molecule has 4 nitrogen and oxygen atoms in total. The number of fused-ring (bicyclic) bond motifs is 1. The van der Waals surface area contributed by atoms with E-state index < -0.39 is 0 Å². The molecule has 0 spiro atoms. The summed E-state index contributed by atoms with van der Waals surface area (Å²) in [4.78, 5) is 0. The summed E-state index contributed by atoms with van der Waals surface area (Å²) in [7, 11) is 1.95. The van der Waals surface area contributed by atoms with Crippen molar-refractivity contribution >= 4 is 10.9 Å². The molecule has 1 aromatic carbocycles. The molecule has 0 saturated carbocycles. The summed E-state index contributed by atoms with van der Waals surface area (Å²) >= 11 is 0. The summed E-state index contributed by atoms with van der Waals surface area (Å²) in [6.45, 7) is 2.96. The van der Waals surface area contributed by atoms with Crippen molar-refractivity contribution in [2.45, 2.75) is 0 Å². The molecule has 1 saturated heterocycles. The lowest BCUT2D eigenvalue weighted by Gasteiger charge is -2.26. The zero-order chi connectivity index (χ0) is 11.0. The molecule has 84 valence electrons. The SMILES string of the molecule is Cn1ncc2ccc(OCC3CNC3)cc21. The Morgan fingerprint density at radius 1 is 1.50 bits per heavy atom. The monoisotopic (exact) mass is 217 g/mol. The third kappa shape index (κ3) is 1.65. The number of nitrogens with zero attached hydrogens (tertiary/aromatic N) is 2. The Labute approximate surface area is 94.2 Å². The van der Waals surface area contributed by atoms with Crippen LogP contribution in [0.4, 0.5) is 0 Å². The van der Waals surface area contributed by atoms with Gasteiger partial charge < -0.3 is 10.1 Å². The van der Waals surface area contributed by atoms with Gasteiger partial charge in [0, 0.05) is 37.5 Å². The number of hydrogen-bond acceptors (Lipinski definition) is 3. The van der Waals surface area contributed by atoms with Gasteiger partial charge >= 0.3 is 0 Å². The predicted octanol–water partition coefficient (Wildman–Crippen LogP) is 1.17. The van der Waals surface area contributed by atoms with Crippen LogP contribution in [0.2, 0.25) is 0 Å². The highest BCUT2D eigenvalue weighted by Crippen LogP contribution is 2.20. The second kappa shape index (κ2) is 3.79. The second-order valence-electron chi connectivity index (χ2n) is 4.32. The van der Waals surface area contributed by atoms with E-state index in [1.807, 2.05) is 24.0 Å². The Kier molecular flexibility index (Phi) is 2.29. The van der Waals surface area contributed by atoms with E-state index in [1.165, 1.54) is 0 Å². The molecule has 16 heavy (non-hydrogen) atoms. The normalized spacial score (nSPS) is 16.3. The molecule has 3 rings (SSSR count). The van der Waals surface area contributed by atoms with Crippen LogP contribution in [0, 0.1) is 5.92 Å². The van der Waals surface area contributed by atoms with E-state index in [1.54, 1.807) is 0 Å². The molecule has 0 bridgehead atoms. The van der Waals surface area contributed by atoms with Crippen molar-refractivity contribution in [3.63, 3.8) is 0 Å². The summed E-state index contributed by atoms with van der Waals surface area (Å²) in [6.07, 6.45) is 1.87. The van der Waals surface area contributed by atoms with Crippen LogP contribution in [0.15, 0.2) is 24.4 Å². The van der Waals surface area contributed by atoms with Crippen LogP contribution < -0.4 is 10.1 Å². The van der Waals surface area contributed by atoms with Crippen molar-refractivity contribution in [3.05, 3.63) is 24.4 Å². The molecule has 2 heterocycles. The molecule has 0 aliphatic carbocycles. The van der Waals surface area contributed by atoms with Gasteiger partial charge in [-0.1, -0.05) is 0 Å². The topological polar surface area (TPSA) is 39.1 Å². The summed E-state index contributed by atoms with van der Waals surface area (Å²) in [5.41, 5.74) is 1.12. The molecule has 1 fully saturated rings. The fourth-order valence-corrected chi connectivity index (χ4v) is 1.89. The Hall–Kier alpha value is -1.55. The van der Waals surface area contributed by atoms with Crippen molar-refractivity contribution in [2.75, 3.05) is 19.7 Å². The first kappa shape index (κ1) is 9.66. The van der Waals surface area contributed by atoms with Crippen LogP contribution in [0.1, 0.15) is 0 Å². The third-order valence-electron chi connectivity index (χ3n) is 3.07. The molecule has 1 aliphatic heterocycles. The maximum Gasteiger partial charge on any atom is 0.121 e. The molecule has 0 radical (unpaired) electrons. The minimum atomic E-state index is 0.669. The first-order valence-electron chi connectivity index (χ1n) is 5.58. The third-order valence-corrected chi connectivity index (χ3v) is 3.07. The predicted molar refractivity (Wildman–Crippen MR) is 62.6 cm³/mol. The lowest BCUT2D eigenvalue weighted by molar-refractivity contribution is 0.199. The zero-order valence-corrected chi connectivity index (χ0v) is 9.31. The average molecular weight is 217 g/mol. The Balaban J connectivity index is 1.78. The lowest BCUT2D eigenvalue weighted by Crippen LogP contribution is -2.45. The van der Waals surface area contributed by atoms with E-state index in [0.717, 1.165) is 36.3 Å². The van der Waals surface area contributed by atoms with Gasteiger partial charge in [-0.2, -0.15) is 5.10 Å². The van der Waals surface area contributed by atoms with Crippen LogP contribution in [0.3, 0.4) is 0 Å². The summed E-state index contributed by atoms with van der Waals surface area (Å²) in [5.74, 6) is 1.60. The largest absolute Gasteiger partial charge is 0.493 e. The van der Waals surface area contributed by atoms with Gasteiger partial charge in [-0.25, -0.2) is 0 Å². The van der Waals surface area contributed by atoms with Gasteiger partial charge in [-0.15, -0.1) is 0 Å². The van der Waals surface area contributed by atoms with Gasteiger partial charge in [0.1, 0.15) is 5.75 Å². The first-order chi connectivity index (χ1) is 7.83. The Bertz CT molecular complexity index is 502. The molecule has 1 aliphatic rings. The van der Waals surface area contributed by atoms with Gasteiger partial charge in [0.05, 0.1) is 18.3 Å². The van der Waals surface area contributed by atoms with Crippen LogP contribution in [-0.2, 0) is 7.05 Å². The lowest BCUT2D eigenvalue weighted by atomic mass is 10.1. The number of hydrogen-bond donors (Lipinski definition) is 1. The molecule has 0 atom stereocenters. The van der Waals surface area contributed by atoms with E-state index in [2.05, 4.69) is 22.5 Å². The van der Waals surface area contributed by atoms with Crippen molar-refractivity contribution in [1.82, 2.24) is 15.1 Å². The van der Waals surface area contributed by atoms with E-state index in [0.29, 0.717) is 5.92 Å². The quantitative estimate of drug-likeness (QED) is 0.839. The van der Waals surface area contributed by atoms with E-state index in [4.69, 9.17) is 4.74 Å². The van der Waals surface area contributed by atoms with E-state index in [-0.39, 0.29) is 0 Å². The summed E-state index contributed by atoms with van der Waals surface area (Å²) in [6, 6.07) is 6.11. The van der Waals surface area contributed by atoms with E-state index >= 15 is 0 Å². The molecule has 1 aromatic heterocycles. The molecule has 0 unspecified atom stereocenters. The highest BCUT2D eigenvalue weighted by molar-refractivity contribution is 5.79. The number of rotatable bonds is 3. The fourth-order valence-electron chi connectivity index (χ4n) is 1.89. The van der Waals surface area contributed by atoms with Gasteiger partial charge in [-0.05, 0) is 12.1 Å². The van der Waals surface area contributed by atoms with Crippen LogP contribution >= 0.6 is 0 Å². The number of ether oxygens (including phenoxy) is 1. The van der Waals surface area contributed by atoms with Crippen LogP contribution in [-0.4, -0.2) is 29.5 Å². The molecule has 2 aromatic rings. The summed E-state index contributed by atoms with van der Waals surface area (Å²) < 4.78 is 7.63. The smallest absolute Gasteiger partial charge is 0.121 e. The minimum Gasteiger partial charge on any atom is -0.493 e. The Morgan fingerprint density at radius 2 is 2.38 bits per heavy atom. The second-order valence-corrected chi connectivity index (χ2v) is 4.32. The molecular formula is C12H15N3O. The maximum atomic E-state index is 5.76. The molecule has 1 N–H and O–H groups in total. The standard InChI is InChI=1S/C12H15N3O/c1-15-12-4-11(3-2-10(12)7-14-15)16-8-9-5-13-6-9/h2-4,7,9,13H,5-6,8H2,1H3. The summed E-state index contributed by atoms with van der Waals surface area (Å²) in [5, 5.41) is 8.60. The van der Waals surface area contributed by atoms with Gasteiger partial charge in [0.2, 0.25) is 0 Å². The van der Waals surface area contributed by atoms with Gasteiger partial charge in [-0.3, -0.25) is 4.68 Å². The fraction of sp³-hybridized carbons (Fsp3) is 0.417.